The Labute approximate surface area is 170 Å². The van der Waals surface area contributed by atoms with Crippen LogP contribution in [0.5, 0.6) is 0 Å². The van der Waals surface area contributed by atoms with Gasteiger partial charge in [-0.25, -0.2) is 0 Å². The summed E-state index contributed by atoms with van der Waals surface area (Å²) < 4.78 is 5.86. The molecule has 3 aliphatic rings. The molecule has 152 valence electrons. The number of carbonyl (C=O) groups excluding carboxylic acids is 2. The smallest absolute Gasteiger partial charge is 0.265 e. The number of aromatic amines is 1. The van der Waals surface area contributed by atoms with Crippen molar-refractivity contribution in [2.45, 2.75) is 29.5 Å². The van der Waals surface area contributed by atoms with Crippen molar-refractivity contribution in [3.05, 3.63) is 65.9 Å². The van der Waals surface area contributed by atoms with Crippen LogP contribution in [0.2, 0.25) is 0 Å². The normalized spacial score (nSPS) is 34.5. The van der Waals surface area contributed by atoms with Crippen LogP contribution in [0.25, 0.3) is 10.9 Å². The monoisotopic (exact) mass is 406 g/mol. The lowest BCUT2D eigenvalue weighted by Gasteiger charge is -2.34. The standard InChI is InChI=1S/C22H18N2O6/c25-10-16-18(27)22(29)19(30-16)21(13-9-23-14-7-3-1-5-11(13)14)17(26)12-6-2-4-8-15(12)24(21)20(22)28/h1-9,16,18-19,23,25,27,29H,10H2/t16-,18-,19+,21-,22-/m0/s1. The van der Waals surface area contributed by atoms with Crippen molar-refractivity contribution >= 4 is 28.3 Å². The first kappa shape index (κ1) is 17.8. The van der Waals surface area contributed by atoms with Crippen LogP contribution in [-0.4, -0.2) is 62.5 Å². The maximum atomic E-state index is 13.9. The summed E-state index contributed by atoms with van der Waals surface area (Å²) in [5, 5.41) is 32.5. The molecule has 0 spiro atoms. The molecule has 2 aromatic carbocycles. The summed E-state index contributed by atoms with van der Waals surface area (Å²) in [5.41, 5.74) is -2.15. The van der Waals surface area contributed by atoms with Gasteiger partial charge in [0.05, 0.1) is 12.3 Å². The highest BCUT2D eigenvalue weighted by Crippen LogP contribution is 2.59. The second-order valence-corrected chi connectivity index (χ2v) is 8.01. The number of H-pyrrole nitrogens is 1. The van der Waals surface area contributed by atoms with Crippen LogP contribution in [0.3, 0.4) is 0 Å². The number of nitrogens with zero attached hydrogens (tertiary/aromatic N) is 1. The second kappa shape index (κ2) is 5.55. The number of benzene rings is 2. The molecule has 0 radical (unpaired) electrons. The lowest BCUT2D eigenvalue weighted by atomic mass is 9.76. The number of para-hydroxylation sites is 2. The molecule has 2 saturated heterocycles. The number of hydrogen-bond donors (Lipinski definition) is 4. The summed E-state index contributed by atoms with van der Waals surface area (Å²) in [6.07, 6.45) is -2.62. The number of fused-ring (bicyclic) bond motifs is 6. The highest BCUT2D eigenvalue weighted by Gasteiger charge is 2.80. The number of carbonyl (C=O) groups is 2. The van der Waals surface area contributed by atoms with E-state index in [1.54, 1.807) is 30.5 Å². The first-order chi connectivity index (χ1) is 14.5. The Bertz CT molecular complexity index is 1240. The molecule has 1 aromatic heterocycles. The summed E-state index contributed by atoms with van der Waals surface area (Å²) in [5.74, 6) is -1.22. The predicted octanol–water partition coefficient (Wildman–Crippen LogP) is 0.458. The fourth-order valence-corrected chi connectivity index (χ4v) is 5.40. The van der Waals surface area contributed by atoms with Crippen molar-refractivity contribution in [3.8, 4) is 0 Å². The summed E-state index contributed by atoms with van der Waals surface area (Å²) in [4.78, 5) is 31.9. The van der Waals surface area contributed by atoms with Crippen molar-refractivity contribution in [1.29, 1.82) is 0 Å². The molecule has 8 nitrogen and oxygen atoms in total. The summed E-state index contributed by atoms with van der Waals surface area (Å²) in [7, 11) is 0. The zero-order valence-electron chi connectivity index (χ0n) is 15.6. The molecule has 30 heavy (non-hydrogen) atoms. The van der Waals surface area contributed by atoms with Crippen LogP contribution in [0.1, 0.15) is 15.9 Å². The number of aliphatic hydroxyl groups is 3. The van der Waals surface area contributed by atoms with Gasteiger partial charge in [0, 0.05) is 28.2 Å². The van der Waals surface area contributed by atoms with E-state index in [-0.39, 0.29) is 0 Å². The van der Waals surface area contributed by atoms with E-state index in [1.165, 1.54) is 4.90 Å². The Morgan fingerprint density at radius 2 is 1.83 bits per heavy atom. The van der Waals surface area contributed by atoms with E-state index < -0.39 is 47.7 Å². The molecule has 1 amide bonds. The molecule has 5 atom stereocenters. The number of Topliss-reactive ketones (excluding diaryl/α,β-unsaturated/α-hetero) is 1. The SMILES string of the molecule is O=C1N2c3ccccc3C(=O)[C@@]2(c2c[nH]c3ccccc23)[C@H]2O[C@@H](CO)[C@H](O)[C@@]12O. The van der Waals surface area contributed by atoms with Gasteiger partial charge in [-0.1, -0.05) is 30.3 Å². The molecule has 4 heterocycles. The highest BCUT2D eigenvalue weighted by atomic mass is 16.6. The molecule has 4 N–H and O–H groups in total. The molecule has 6 rings (SSSR count). The Balaban J connectivity index is 1.71. The van der Waals surface area contributed by atoms with Gasteiger partial charge in [0.1, 0.15) is 18.3 Å². The van der Waals surface area contributed by atoms with Crippen LogP contribution in [0, 0.1) is 0 Å². The Hall–Kier alpha value is -3.04. The van der Waals surface area contributed by atoms with Crippen LogP contribution >= 0.6 is 0 Å². The van der Waals surface area contributed by atoms with Crippen molar-refractivity contribution in [1.82, 2.24) is 4.98 Å². The van der Waals surface area contributed by atoms with E-state index in [9.17, 15) is 24.9 Å². The number of hydrogen-bond acceptors (Lipinski definition) is 6. The number of aromatic nitrogens is 1. The number of nitrogens with one attached hydrogen (secondary N) is 1. The average molecular weight is 406 g/mol. The average Bonchev–Trinajstić information content (AvgIpc) is 3.43. The Morgan fingerprint density at radius 3 is 2.63 bits per heavy atom. The molecule has 3 aliphatic heterocycles. The molecular weight excluding hydrogens is 388 g/mol. The van der Waals surface area contributed by atoms with E-state index in [0.29, 0.717) is 22.2 Å². The Kier molecular flexibility index (Phi) is 3.29. The van der Waals surface area contributed by atoms with Crippen LogP contribution < -0.4 is 4.90 Å². The largest absolute Gasteiger partial charge is 0.394 e. The third kappa shape index (κ3) is 1.69. The minimum Gasteiger partial charge on any atom is -0.394 e. The van der Waals surface area contributed by atoms with E-state index in [1.807, 2.05) is 24.3 Å². The number of ether oxygens (including phenoxy) is 1. The van der Waals surface area contributed by atoms with Crippen molar-refractivity contribution in [2.24, 2.45) is 0 Å². The van der Waals surface area contributed by atoms with Gasteiger partial charge in [-0.3, -0.25) is 14.5 Å². The fourth-order valence-electron chi connectivity index (χ4n) is 5.40. The zero-order valence-corrected chi connectivity index (χ0v) is 15.6. The molecule has 8 heteroatoms. The van der Waals surface area contributed by atoms with E-state index in [4.69, 9.17) is 4.74 Å². The molecule has 0 bridgehead atoms. The molecule has 2 fully saturated rings. The molecule has 0 aliphatic carbocycles. The zero-order chi connectivity index (χ0) is 20.8. The van der Waals surface area contributed by atoms with Crippen LogP contribution in [0.15, 0.2) is 54.7 Å². The summed E-state index contributed by atoms with van der Waals surface area (Å²) in [6.45, 7) is -0.599. The minimum atomic E-state index is -2.37. The van der Waals surface area contributed by atoms with Gasteiger partial charge in [-0.05, 0) is 18.2 Å². The predicted molar refractivity (Wildman–Crippen MR) is 105 cm³/mol. The molecule has 3 aromatic rings. The third-order valence-corrected chi connectivity index (χ3v) is 6.71. The van der Waals surface area contributed by atoms with Gasteiger partial charge < -0.3 is 25.0 Å². The third-order valence-electron chi connectivity index (χ3n) is 6.71. The second-order valence-electron chi connectivity index (χ2n) is 8.01. The van der Waals surface area contributed by atoms with Crippen molar-refractivity contribution in [2.75, 3.05) is 11.5 Å². The lowest BCUT2D eigenvalue weighted by Crippen LogP contribution is -2.54. The maximum absolute atomic E-state index is 13.9. The number of ketones is 1. The van der Waals surface area contributed by atoms with Gasteiger partial charge in [0.25, 0.3) is 5.91 Å². The van der Waals surface area contributed by atoms with E-state index >= 15 is 0 Å². The van der Waals surface area contributed by atoms with Gasteiger partial charge in [0.15, 0.2) is 11.3 Å². The highest BCUT2D eigenvalue weighted by molar-refractivity contribution is 6.26. The fraction of sp³-hybridized carbons (Fsp3) is 0.273. The number of rotatable bonds is 2. The summed E-state index contributed by atoms with van der Waals surface area (Å²) in [6, 6.07) is 14.0. The maximum Gasteiger partial charge on any atom is 0.265 e. The number of anilines is 1. The molecule has 0 unspecified atom stereocenters. The minimum absolute atomic E-state index is 0.337. The van der Waals surface area contributed by atoms with Gasteiger partial charge in [-0.2, -0.15) is 0 Å². The van der Waals surface area contributed by atoms with E-state index in [0.717, 1.165) is 5.52 Å². The summed E-state index contributed by atoms with van der Waals surface area (Å²) >= 11 is 0. The first-order valence-corrected chi connectivity index (χ1v) is 9.69. The number of aliphatic hydroxyl groups excluding tert-OH is 2. The van der Waals surface area contributed by atoms with Crippen LogP contribution in [0.4, 0.5) is 5.69 Å². The lowest BCUT2D eigenvalue weighted by molar-refractivity contribution is -0.144. The molecule has 0 saturated carbocycles. The van der Waals surface area contributed by atoms with Crippen molar-refractivity contribution in [3.63, 3.8) is 0 Å². The topological polar surface area (TPSA) is 123 Å². The van der Waals surface area contributed by atoms with Crippen LogP contribution in [-0.2, 0) is 15.1 Å². The number of amides is 1. The van der Waals surface area contributed by atoms with E-state index in [2.05, 4.69) is 4.98 Å². The van der Waals surface area contributed by atoms with Gasteiger partial charge >= 0.3 is 0 Å². The molecular formula is C22H18N2O6. The first-order valence-electron chi connectivity index (χ1n) is 9.69. The quantitative estimate of drug-likeness (QED) is 0.490. The Morgan fingerprint density at radius 1 is 1.10 bits per heavy atom. The van der Waals surface area contributed by atoms with Gasteiger partial charge in [-0.15, -0.1) is 0 Å². The van der Waals surface area contributed by atoms with Gasteiger partial charge in [0.2, 0.25) is 5.60 Å². The van der Waals surface area contributed by atoms with Crippen molar-refractivity contribution < 1.29 is 29.6 Å².